The number of hydrogen-bond acceptors (Lipinski definition) is 3. The third kappa shape index (κ3) is 2.22. The molecule has 1 aliphatic carbocycles. The maximum Gasteiger partial charge on any atom is 0.224 e. The van der Waals surface area contributed by atoms with Crippen LogP contribution < -0.4 is 4.90 Å². The SMILES string of the molecule is CCc1cnc(N(C)CC2CC2)nc1. The van der Waals surface area contributed by atoms with Crippen molar-refractivity contribution in [1.29, 1.82) is 0 Å². The molecule has 1 saturated carbocycles. The summed E-state index contributed by atoms with van der Waals surface area (Å²) in [6.07, 6.45) is 7.60. The lowest BCUT2D eigenvalue weighted by molar-refractivity contribution is 0.762. The van der Waals surface area contributed by atoms with Gasteiger partial charge in [-0.2, -0.15) is 0 Å². The highest BCUT2D eigenvalue weighted by Crippen LogP contribution is 2.29. The molecular formula is C11H17N3. The Labute approximate surface area is 85.2 Å². The van der Waals surface area contributed by atoms with Gasteiger partial charge in [0, 0.05) is 26.0 Å². The summed E-state index contributed by atoms with van der Waals surface area (Å²) >= 11 is 0. The first-order valence-electron chi connectivity index (χ1n) is 5.31. The van der Waals surface area contributed by atoms with E-state index in [1.54, 1.807) is 0 Å². The van der Waals surface area contributed by atoms with Gasteiger partial charge in [0.05, 0.1) is 0 Å². The predicted molar refractivity (Wildman–Crippen MR) is 57.4 cm³/mol. The van der Waals surface area contributed by atoms with E-state index in [0.29, 0.717) is 0 Å². The van der Waals surface area contributed by atoms with Crippen LogP contribution in [0.4, 0.5) is 5.95 Å². The summed E-state index contributed by atoms with van der Waals surface area (Å²) in [5.41, 5.74) is 1.20. The molecule has 1 heterocycles. The predicted octanol–water partition coefficient (Wildman–Crippen LogP) is 1.89. The fourth-order valence-corrected chi connectivity index (χ4v) is 1.50. The topological polar surface area (TPSA) is 29.0 Å². The van der Waals surface area contributed by atoms with Crippen LogP contribution in [-0.2, 0) is 6.42 Å². The number of aromatic nitrogens is 2. The van der Waals surface area contributed by atoms with Crippen molar-refractivity contribution in [2.24, 2.45) is 5.92 Å². The van der Waals surface area contributed by atoms with Gasteiger partial charge < -0.3 is 4.90 Å². The smallest absolute Gasteiger partial charge is 0.224 e. The van der Waals surface area contributed by atoms with Gasteiger partial charge >= 0.3 is 0 Å². The summed E-state index contributed by atoms with van der Waals surface area (Å²) in [4.78, 5) is 10.8. The molecule has 3 heteroatoms. The van der Waals surface area contributed by atoms with Crippen LogP contribution in [0.2, 0.25) is 0 Å². The average Bonchev–Trinajstić information content (AvgIpc) is 3.02. The van der Waals surface area contributed by atoms with E-state index < -0.39 is 0 Å². The molecule has 0 spiro atoms. The van der Waals surface area contributed by atoms with E-state index >= 15 is 0 Å². The van der Waals surface area contributed by atoms with Gasteiger partial charge in [-0.15, -0.1) is 0 Å². The Bertz CT molecular complexity index is 290. The molecule has 1 aromatic rings. The van der Waals surface area contributed by atoms with Crippen LogP contribution in [-0.4, -0.2) is 23.6 Å². The standard InChI is InChI=1S/C11H17N3/c1-3-9-6-12-11(13-7-9)14(2)8-10-4-5-10/h6-7,10H,3-5,8H2,1-2H3. The van der Waals surface area contributed by atoms with Crippen LogP contribution in [0.1, 0.15) is 25.3 Å². The molecule has 0 bridgehead atoms. The summed E-state index contributed by atoms with van der Waals surface area (Å²) in [6.45, 7) is 3.22. The van der Waals surface area contributed by atoms with Crippen molar-refractivity contribution in [1.82, 2.24) is 9.97 Å². The molecule has 0 N–H and O–H groups in total. The van der Waals surface area contributed by atoms with Gasteiger partial charge in [0.15, 0.2) is 0 Å². The van der Waals surface area contributed by atoms with Crippen LogP contribution in [0.5, 0.6) is 0 Å². The number of hydrogen-bond donors (Lipinski definition) is 0. The Balaban J connectivity index is 1.99. The lowest BCUT2D eigenvalue weighted by Gasteiger charge is -2.16. The zero-order valence-electron chi connectivity index (χ0n) is 8.90. The Kier molecular flexibility index (Phi) is 2.66. The van der Waals surface area contributed by atoms with Gasteiger partial charge in [-0.3, -0.25) is 0 Å². The lowest BCUT2D eigenvalue weighted by atomic mass is 10.3. The molecule has 1 fully saturated rings. The minimum Gasteiger partial charge on any atom is -0.344 e. The quantitative estimate of drug-likeness (QED) is 0.727. The van der Waals surface area contributed by atoms with Crippen molar-refractivity contribution < 1.29 is 0 Å². The van der Waals surface area contributed by atoms with Gasteiger partial charge in [-0.1, -0.05) is 6.92 Å². The van der Waals surface area contributed by atoms with Crippen molar-refractivity contribution in [3.05, 3.63) is 18.0 Å². The molecular weight excluding hydrogens is 174 g/mol. The summed E-state index contributed by atoms with van der Waals surface area (Å²) in [5, 5.41) is 0. The fourth-order valence-electron chi connectivity index (χ4n) is 1.50. The van der Waals surface area contributed by atoms with E-state index in [-0.39, 0.29) is 0 Å². The monoisotopic (exact) mass is 191 g/mol. The highest BCUT2D eigenvalue weighted by Gasteiger charge is 2.23. The second-order valence-electron chi connectivity index (χ2n) is 4.07. The molecule has 0 atom stereocenters. The molecule has 1 aromatic heterocycles. The highest BCUT2D eigenvalue weighted by molar-refractivity contribution is 5.28. The van der Waals surface area contributed by atoms with E-state index in [9.17, 15) is 0 Å². The maximum atomic E-state index is 4.35. The van der Waals surface area contributed by atoms with Gasteiger partial charge in [-0.25, -0.2) is 9.97 Å². The molecule has 76 valence electrons. The maximum absolute atomic E-state index is 4.35. The zero-order chi connectivity index (χ0) is 9.97. The summed E-state index contributed by atoms with van der Waals surface area (Å²) in [6, 6.07) is 0. The summed E-state index contributed by atoms with van der Waals surface area (Å²) < 4.78 is 0. The van der Waals surface area contributed by atoms with Crippen LogP contribution in [0.15, 0.2) is 12.4 Å². The Morgan fingerprint density at radius 1 is 1.36 bits per heavy atom. The van der Waals surface area contributed by atoms with E-state index in [4.69, 9.17) is 0 Å². The molecule has 0 unspecified atom stereocenters. The molecule has 0 amide bonds. The number of aryl methyl sites for hydroxylation is 1. The fraction of sp³-hybridized carbons (Fsp3) is 0.636. The number of rotatable bonds is 4. The normalized spacial score (nSPS) is 15.6. The lowest BCUT2D eigenvalue weighted by Crippen LogP contribution is -2.22. The molecule has 1 aliphatic rings. The van der Waals surface area contributed by atoms with Gasteiger partial charge in [0.2, 0.25) is 5.95 Å². The Hall–Kier alpha value is -1.12. The first kappa shape index (κ1) is 9.44. The van der Waals surface area contributed by atoms with E-state index in [0.717, 1.165) is 24.8 Å². The first-order chi connectivity index (χ1) is 6.79. The van der Waals surface area contributed by atoms with Gasteiger partial charge in [0.1, 0.15) is 0 Å². The van der Waals surface area contributed by atoms with Gasteiger partial charge in [-0.05, 0) is 30.7 Å². The molecule has 0 radical (unpaired) electrons. The van der Waals surface area contributed by atoms with Crippen molar-refractivity contribution in [2.45, 2.75) is 26.2 Å². The van der Waals surface area contributed by atoms with Crippen molar-refractivity contribution in [3.63, 3.8) is 0 Å². The van der Waals surface area contributed by atoms with Crippen LogP contribution in [0, 0.1) is 5.92 Å². The van der Waals surface area contributed by atoms with E-state index in [1.807, 2.05) is 12.4 Å². The minimum absolute atomic E-state index is 0.856. The van der Waals surface area contributed by atoms with Gasteiger partial charge in [0.25, 0.3) is 0 Å². The molecule has 3 nitrogen and oxygen atoms in total. The second-order valence-corrected chi connectivity index (χ2v) is 4.07. The minimum atomic E-state index is 0.856. The number of nitrogens with zero attached hydrogens (tertiary/aromatic N) is 3. The van der Waals surface area contributed by atoms with Crippen LogP contribution in [0.3, 0.4) is 0 Å². The molecule has 0 aromatic carbocycles. The highest BCUT2D eigenvalue weighted by atomic mass is 15.2. The number of anilines is 1. The molecule has 14 heavy (non-hydrogen) atoms. The summed E-state index contributed by atoms with van der Waals surface area (Å²) in [5.74, 6) is 1.74. The first-order valence-corrected chi connectivity index (χ1v) is 5.31. The van der Waals surface area contributed by atoms with E-state index in [1.165, 1.54) is 18.4 Å². The molecule has 0 saturated heterocycles. The third-order valence-corrected chi connectivity index (χ3v) is 2.67. The van der Waals surface area contributed by atoms with Crippen molar-refractivity contribution in [3.8, 4) is 0 Å². The van der Waals surface area contributed by atoms with Crippen LogP contribution in [0.25, 0.3) is 0 Å². The van der Waals surface area contributed by atoms with E-state index in [2.05, 4.69) is 28.8 Å². The van der Waals surface area contributed by atoms with Crippen molar-refractivity contribution in [2.75, 3.05) is 18.5 Å². The molecule has 0 aliphatic heterocycles. The largest absolute Gasteiger partial charge is 0.344 e. The Morgan fingerprint density at radius 2 is 2.00 bits per heavy atom. The zero-order valence-corrected chi connectivity index (χ0v) is 8.90. The summed E-state index contributed by atoms with van der Waals surface area (Å²) in [7, 11) is 2.07. The second kappa shape index (κ2) is 3.95. The molecule has 2 rings (SSSR count). The average molecular weight is 191 g/mol. The van der Waals surface area contributed by atoms with Crippen LogP contribution >= 0.6 is 0 Å². The third-order valence-electron chi connectivity index (χ3n) is 2.67. The van der Waals surface area contributed by atoms with Crippen molar-refractivity contribution >= 4 is 5.95 Å². The Morgan fingerprint density at radius 3 is 2.50 bits per heavy atom.